The van der Waals surface area contributed by atoms with Crippen LogP contribution in [0.4, 0.5) is 0 Å². The molecule has 0 amide bonds. The van der Waals surface area contributed by atoms with Crippen molar-refractivity contribution in [2.24, 2.45) is 0 Å². The van der Waals surface area contributed by atoms with Crippen molar-refractivity contribution in [3.63, 3.8) is 0 Å². The Morgan fingerprint density at radius 1 is 1.14 bits per heavy atom. The highest BCUT2D eigenvalue weighted by Crippen LogP contribution is 2.42. The minimum Gasteiger partial charge on any atom is -0.496 e. The quantitative estimate of drug-likeness (QED) is 0.499. The molecule has 4 nitrogen and oxygen atoms in total. The van der Waals surface area contributed by atoms with Crippen molar-refractivity contribution >= 4 is 21.4 Å². The van der Waals surface area contributed by atoms with Crippen LogP contribution in [0.1, 0.15) is 22.6 Å². The fraction of sp³-hybridized carbons (Fsp3) is 0.217. The Balaban J connectivity index is 1.66. The second kappa shape index (κ2) is 7.00. The van der Waals surface area contributed by atoms with Crippen molar-refractivity contribution in [1.29, 1.82) is 0 Å². The zero-order valence-corrected chi connectivity index (χ0v) is 16.7. The molecule has 2 aromatic carbocycles. The van der Waals surface area contributed by atoms with Gasteiger partial charge in [0.1, 0.15) is 5.75 Å². The minimum absolute atomic E-state index is 0.324. The van der Waals surface area contributed by atoms with E-state index in [0.29, 0.717) is 5.92 Å². The Hall–Kier alpha value is -2.76. The third-order valence-corrected chi connectivity index (χ3v) is 6.41. The Morgan fingerprint density at radius 2 is 2.07 bits per heavy atom. The first-order valence-corrected chi connectivity index (χ1v) is 10.3. The van der Waals surface area contributed by atoms with Crippen LogP contribution in [0.15, 0.2) is 60.1 Å². The highest BCUT2D eigenvalue weighted by molar-refractivity contribution is 7.17. The molecule has 1 aliphatic heterocycles. The lowest BCUT2D eigenvalue weighted by Crippen LogP contribution is -2.31. The Bertz CT molecular complexity index is 1140. The number of benzene rings is 2. The lowest BCUT2D eigenvalue weighted by atomic mass is 9.83. The van der Waals surface area contributed by atoms with Crippen molar-refractivity contribution in [3.8, 4) is 17.0 Å². The molecule has 0 saturated heterocycles. The van der Waals surface area contributed by atoms with Gasteiger partial charge in [-0.15, -0.1) is 11.3 Å². The van der Waals surface area contributed by atoms with Gasteiger partial charge < -0.3 is 9.64 Å². The zero-order chi connectivity index (χ0) is 19.1. The summed E-state index contributed by atoms with van der Waals surface area (Å²) in [7, 11) is 3.92. The summed E-state index contributed by atoms with van der Waals surface area (Å²) in [6, 6.07) is 17.3. The van der Waals surface area contributed by atoms with Gasteiger partial charge in [-0.05, 0) is 59.3 Å². The van der Waals surface area contributed by atoms with E-state index in [2.05, 4.69) is 63.9 Å². The third kappa shape index (κ3) is 2.87. The number of fused-ring (bicyclic) bond motifs is 2. The highest BCUT2D eigenvalue weighted by Gasteiger charge is 2.29. The van der Waals surface area contributed by atoms with Crippen LogP contribution < -0.4 is 4.74 Å². The van der Waals surface area contributed by atoms with E-state index in [1.165, 1.54) is 26.8 Å². The molecule has 28 heavy (non-hydrogen) atoms. The standard InChI is InChI=1S/C23H21N3OS/c1-26-13-19(16-6-5-15-9-11-28-22(15)12-16)17-7-8-18(21-4-3-10-24-25-21)23(27-2)20(17)14-26/h3-12,19H,13-14H2,1-2H3. The van der Waals surface area contributed by atoms with Crippen molar-refractivity contribution in [2.45, 2.75) is 12.5 Å². The monoisotopic (exact) mass is 387 g/mol. The van der Waals surface area contributed by atoms with Gasteiger partial charge in [-0.3, -0.25) is 0 Å². The molecule has 2 aromatic heterocycles. The summed E-state index contributed by atoms with van der Waals surface area (Å²) in [5, 5.41) is 11.8. The number of methoxy groups -OCH3 is 1. The molecular formula is C23H21N3OS. The van der Waals surface area contributed by atoms with Crippen molar-refractivity contribution < 1.29 is 4.74 Å². The molecule has 0 spiro atoms. The molecule has 5 rings (SSSR count). The topological polar surface area (TPSA) is 38.3 Å². The average Bonchev–Trinajstić information content (AvgIpc) is 3.20. The number of ether oxygens (including phenoxy) is 1. The van der Waals surface area contributed by atoms with Crippen molar-refractivity contribution in [3.05, 3.63) is 76.8 Å². The van der Waals surface area contributed by atoms with Gasteiger partial charge >= 0.3 is 0 Å². The number of likely N-dealkylation sites (N-methyl/N-ethyl adjacent to an activating group) is 1. The van der Waals surface area contributed by atoms with Crippen LogP contribution >= 0.6 is 11.3 Å². The van der Waals surface area contributed by atoms with Crippen LogP contribution in [0.5, 0.6) is 5.75 Å². The fourth-order valence-corrected chi connectivity index (χ4v) is 5.07. The summed E-state index contributed by atoms with van der Waals surface area (Å²) in [6.45, 7) is 1.86. The number of thiophene rings is 1. The minimum atomic E-state index is 0.324. The third-order valence-electron chi connectivity index (χ3n) is 5.53. The van der Waals surface area contributed by atoms with E-state index in [0.717, 1.165) is 30.1 Å². The smallest absolute Gasteiger partial charge is 0.133 e. The summed E-state index contributed by atoms with van der Waals surface area (Å²) in [4.78, 5) is 2.37. The number of nitrogens with zero attached hydrogens (tertiary/aromatic N) is 3. The van der Waals surface area contributed by atoms with E-state index in [1.54, 1.807) is 24.6 Å². The van der Waals surface area contributed by atoms with E-state index >= 15 is 0 Å². The maximum atomic E-state index is 5.90. The van der Waals surface area contributed by atoms with E-state index in [4.69, 9.17) is 4.74 Å². The second-order valence-electron chi connectivity index (χ2n) is 7.29. The van der Waals surface area contributed by atoms with E-state index in [1.807, 2.05) is 12.1 Å². The first-order chi connectivity index (χ1) is 13.7. The van der Waals surface area contributed by atoms with Crippen LogP contribution in [0.25, 0.3) is 21.3 Å². The summed E-state index contributed by atoms with van der Waals surface area (Å²) >= 11 is 1.80. The van der Waals surface area contributed by atoms with Gasteiger partial charge in [0.05, 0.1) is 12.8 Å². The molecule has 3 heterocycles. The molecule has 5 heteroatoms. The average molecular weight is 388 g/mol. The molecule has 0 radical (unpaired) electrons. The van der Waals surface area contributed by atoms with E-state index < -0.39 is 0 Å². The van der Waals surface area contributed by atoms with Gasteiger partial charge in [0.2, 0.25) is 0 Å². The molecule has 1 atom stereocenters. The number of hydrogen-bond acceptors (Lipinski definition) is 5. The fourth-order valence-electron chi connectivity index (χ4n) is 4.23. The highest BCUT2D eigenvalue weighted by atomic mass is 32.1. The van der Waals surface area contributed by atoms with Gasteiger partial charge in [-0.1, -0.05) is 18.2 Å². The van der Waals surface area contributed by atoms with Crippen LogP contribution in [-0.4, -0.2) is 35.8 Å². The number of aromatic nitrogens is 2. The Labute approximate surface area is 168 Å². The van der Waals surface area contributed by atoms with Crippen molar-refractivity contribution in [1.82, 2.24) is 15.1 Å². The molecule has 0 fully saturated rings. The molecule has 0 saturated carbocycles. The Kier molecular flexibility index (Phi) is 4.34. The molecule has 0 aliphatic carbocycles. The first kappa shape index (κ1) is 17.3. The predicted molar refractivity (Wildman–Crippen MR) is 114 cm³/mol. The zero-order valence-electron chi connectivity index (χ0n) is 15.9. The van der Waals surface area contributed by atoms with Crippen molar-refractivity contribution in [2.75, 3.05) is 20.7 Å². The predicted octanol–water partition coefficient (Wildman–Crippen LogP) is 4.94. The van der Waals surface area contributed by atoms with Crippen LogP contribution in [0.2, 0.25) is 0 Å². The lowest BCUT2D eigenvalue weighted by Gasteiger charge is -2.34. The molecule has 0 N–H and O–H groups in total. The molecule has 140 valence electrons. The largest absolute Gasteiger partial charge is 0.496 e. The van der Waals surface area contributed by atoms with E-state index in [-0.39, 0.29) is 0 Å². The van der Waals surface area contributed by atoms with Gasteiger partial charge in [0.15, 0.2) is 0 Å². The van der Waals surface area contributed by atoms with Crippen LogP contribution in [-0.2, 0) is 6.54 Å². The van der Waals surface area contributed by atoms with Gasteiger partial charge in [-0.25, -0.2) is 0 Å². The van der Waals surface area contributed by atoms with Crippen LogP contribution in [0.3, 0.4) is 0 Å². The van der Waals surface area contributed by atoms with Gasteiger partial charge in [-0.2, -0.15) is 10.2 Å². The number of hydrogen-bond donors (Lipinski definition) is 0. The normalized spacial score (nSPS) is 16.9. The molecule has 1 unspecified atom stereocenters. The second-order valence-corrected chi connectivity index (χ2v) is 8.24. The van der Waals surface area contributed by atoms with E-state index in [9.17, 15) is 0 Å². The Morgan fingerprint density at radius 3 is 2.89 bits per heavy atom. The number of rotatable bonds is 3. The summed E-state index contributed by atoms with van der Waals surface area (Å²) in [5.74, 6) is 1.23. The molecule has 4 aromatic rings. The van der Waals surface area contributed by atoms with Crippen LogP contribution in [0, 0.1) is 0 Å². The summed E-state index contributed by atoms with van der Waals surface area (Å²) < 4.78 is 7.24. The van der Waals surface area contributed by atoms with Gasteiger partial charge in [0, 0.05) is 41.0 Å². The lowest BCUT2D eigenvalue weighted by molar-refractivity contribution is 0.286. The summed E-state index contributed by atoms with van der Waals surface area (Å²) in [5.41, 5.74) is 5.79. The van der Waals surface area contributed by atoms with Gasteiger partial charge in [0.25, 0.3) is 0 Å². The molecule has 1 aliphatic rings. The molecule has 0 bridgehead atoms. The first-order valence-electron chi connectivity index (χ1n) is 9.38. The summed E-state index contributed by atoms with van der Waals surface area (Å²) in [6.07, 6.45) is 1.69. The SMILES string of the molecule is COc1c(-c2cccnn2)ccc2c1CN(C)CC2c1ccc2ccsc2c1. The molecular weight excluding hydrogens is 366 g/mol. The maximum Gasteiger partial charge on any atom is 0.133 e. The maximum absolute atomic E-state index is 5.90.